The molecule has 0 aromatic carbocycles. The molecule has 1 aliphatic rings. The standard InChI is InChI=1S/C15H20F3N5O2S/c1-9-14(10(2)22(3)20-9)26(24,25)19-6-7-23-12(11-4-5-11)8-13(21-23)15(16,17)18/h8,11,19H,4-7H2,1-3H3. The third-order valence-corrected chi connectivity index (χ3v) is 6.14. The Morgan fingerprint density at radius 1 is 1.27 bits per heavy atom. The molecular formula is C15H20F3N5O2S. The molecule has 3 rings (SSSR count). The molecule has 2 aromatic rings. The minimum atomic E-state index is -4.52. The van der Waals surface area contributed by atoms with Gasteiger partial charge >= 0.3 is 6.18 Å². The summed E-state index contributed by atoms with van der Waals surface area (Å²) in [6, 6.07) is 1.06. The van der Waals surface area contributed by atoms with Gasteiger partial charge < -0.3 is 0 Å². The first kappa shape index (κ1) is 18.9. The number of rotatable bonds is 6. The van der Waals surface area contributed by atoms with Gasteiger partial charge in [-0.05, 0) is 32.8 Å². The molecule has 1 N–H and O–H groups in total. The van der Waals surface area contributed by atoms with Crippen LogP contribution >= 0.6 is 0 Å². The van der Waals surface area contributed by atoms with Crippen LogP contribution in [-0.2, 0) is 29.8 Å². The van der Waals surface area contributed by atoms with Crippen LogP contribution in [0.3, 0.4) is 0 Å². The molecule has 0 bridgehead atoms. The molecule has 1 fully saturated rings. The third kappa shape index (κ3) is 3.63. The van der Waals surface area contributed by atoms with Gasteiger partial charge in [-0.1, -0.05) is 0 Å². The first-order chi connectivity index (χ1) is 12.0. The normalized spacial score (nSPS) is 15.6. The van der Waals surface area contributed by atoms with Crippen molar-refractivity contribution < 1.29 is 21.6 Å². The summed E-state index contributed by atoms with van der Waals surface area (Å²) in [4.78, 5) is 0.0962. The summed E-state index contributed by atoms with van der Waals surface area (Å²) in [7, 11) is -2.16. The minimum absolute atomic E-state index is 0.0273. The van der Waals surface area contributed by atoms with Crippen molar-refractivity contribution in [2.45, 2.75) is 50.2 Å². The zero-order valence-electron chi connectivity index (χ0n) is 14.6. The first-order valence-electron chi connectivity index (χ1n) is 8.15. The van der Waals surface area contributed by atoms with Crippen LogP contribution in [0.25, 0.3) is 0 Å². The average molecular weight is 391 g/mol. The molecule has 1 aliphatic carbocycles. The molecule has 144 valence electrons. The van der Waals surface area contributed by atoms with Crippen LogP contribution in [0.2, 0.25) is 0 Å². The Kier molecular flexibility index (Phi) is 4.63. The summed E-state index contributed by atoms with van der Waals surface area (Å²) < 4.78 is 68.8. The molecular weight excluding hydrogens is 371 g/mol. The van der Waals surface area contributed by atoms with Crippen molar-refractivity contribution in [2.75, 3.05) is 6.54 Å². The van der Waals surface area contributed by atoms with Crippen molar-refractivity contribution in [2.24, 2.45) is 7.05 Å². The van der Waals surface area contributed by atoms with E-state index >= 15 is 0 Å². The molecule has 0 aliphatic heterocycles. The number of aryl methyl sites for hydroxylation is 2. The molecule has 0 atom stereocenters. The van der Waals surface area contributed by atoms with E-state index in [-0.39, 0.29) is 23.9 Å². The molecule has 2 aromatic heterocycles. The SMILES string of the molecule is Cc1nn(C)c(C)c1S(=O)(=O)NCCn1nc(C(F)(F)F)cc1C1CC1. The van der Waals surface area contributed by atoms with E-state index in [0.29, 0.717) is 17.1 Å². The number of hydrogen-bond donors (Lipinski definition) is 1. The number of alkyl halides is 3. The molecule has 1 saturated carbocycles. The molecule has 7 nitrogen and oxygen atoms in total. The Labute approximate surface area is 149 Å². The van der Waals surface area contributed by atoms with Gasteiger partial charge in [0, 0.05) is 25.2 Å². The van der Waals surface area contributed by atoms with Gasteiger partial charge in [0.25, 0.3) is 0 Å². The number of aromatic nitrogens is 4. The van der Waals surface area contributed by atoms with Crippen LogP contribution in [0, 0.1) is 13.8 Å². The van der Waals surface area contributed by atoms with Gasteiger partial charge in [0.05, 0.1) is 17.9 Å². The lowest BCUT2D eigenvalue weighted by Crippen LogP contribution is -2.29. The van der Waals surface area contributed by atoms with Crippen molar-refractivity contribution in [1.82, 2.24) is 24.3 Å². The topological polar surface area (TPSA) is 81.8 Å². The monoisotopic (exact) mass is 391 g/mol. The molecule has 2 heterocycles. The molecule has 0 saturated heterocycles. The summed E-state index contributed by atoms with van der Waals surface area (Å²) in [5.74, 6) is 0.0676. The second-order valence-electron chi connectivity index (χ2n) is 6.47. The van der Waals surface area contributed by atoms with Crippen molar-refractivity contribution >= 4 is 10.0 Å². The van der Waals surface area contributed by atoms with Crippen LogP contribution in [-0.4, -0.2) is 34.5 Å². The summed E-state index contributed by atoms with van der Waals surface area (Å²) in [5.41, 5.74) is 0.424. The Morgan fingerprint density at radius 3 is 2.42 bits per heavy atom. The lowest BCUT2D eigenvalue weighted by atomic mass is 10.2. The second kappa shape index (κ2) is 6.38. The number of nitrogens with one attached hydrogen (secondary N) is 1. The maximum absolute atomic E-state index is 12.9. The fourth-order valence-electron chi connectivity index (χ4n) is 2.96. The molecule has 11 heteroatoms. The molecule has 0 amide bonds. The summed E-state index contributed by atoms with van der Waals surface area (Å²) in [6.45, 7) is 3.20. The fourth-order valence-corrected chi connectivity index (χ4v) is 4.41. The summed E-state index contributed by atoms with van der Waals surface area (Å²) >= 11 is 0. The van der Waals surface area contributed by atoms with Crippen LogP contribution in [0.4, 0.5) is 13.2 Å². The Bertz CT molecular complexity index is 926. The molecule has 0 unspecified atom stereocenters. The van der Waals surface area contributed by atoms with Gasteiger partial charge in [0.15, 0.2) is 5.69 Å². The number of hydrogen-bond acceptors (Lipinski definition) is 4. The molecule has 0 radical (unpaired) electrons. The van der Waals surface area contributed by atoms with Gasteiger partial charge in [-0.25, -0.2) is 13.1 Å². The highest BCUT2D eigenvalue weighted by Crippen LogP contribution is 2.42. The zero-order chi connectivity index (χ0) is 19.3. The van der Waals surface area contributed by atoms with Crippen molar-refractivity contribution in [3.8, 4) is 0 Å². The third-order valence-electron chi connectivity index (χ3n) is 4.42. The van der Waals surface area contributed by atoms with E-state index in [2.05, 4.69) is 14.9 Å². The quantitative estimate of drug-likeness (QED) is 0.818. The van der Waals surface area contributed by atoms with Crippen molar-refractivity contribution in [1.29, 1.82) is 0 Å². The van der Waals surface area contributed by atoms with E-state index in [0.717, 1.165) is 18.9 Å². The second-order valence-corrected chi connectivity index (χ2v) is 8.17. The largest absolute Gasteiger partial charge is 0.435 e. The maximum atomic E-state index is 12.9. The molecule has 26 heavy (non-hydrogen) atoms. The van der Waals surface area contributed by atoms with E-state index in [4.69, 9.17) is 0 Å². The van der Waals surface area contributed by atoms with Crippen LogP contribution < -0.4 is 4.72 Å². The van der Waals surface area contributed by atoms with Gasteiger partial charge in [0.1, 0.15) is 4.90 Å². The maximum Gasteiger partial charge on any atom is 0.435 e. The lowest BCUT2D eigenvalue weighted by Gasteiger charge is -2.09. The highest BCUT2D eigenvalue weighted by Gasteiger charge is 2.37. The first-order valence-corrected chi connectivity index (χ1v) is 9.64. The van der Waals surface area contributed by atoms with E-state index in [1.54, 1.807) is 20.9 Å². The Balaban J connectivity index is 1.74. The van der Waals surface area contributed by atoms with E-state index in [1.807, 2.05) is 0 Å². The number of halogens is 3. The minimum Gasteiger partial charge on any atom is -0.271 e. The average Bonchev–Trinajstić information content (AvgIpc) is 3.19. The Morgan fingerprint density at radius 2 is 1.92 bits per heavy atom. The summed E-state index contributed by atoms with van der Waals surface area (Å²) in [6.07, 6.45) is -2.87. The fraction of sp³-hybridized carbons (Fsp3) is 0.600. The van der Waals surface area contributed by atoms with Gasteiger partial charge in [-0.2, -0.15) is 23.4 Å². The van der Waals surface area contributed by atoms with Crippen LogP contribution in [0.5, 0.6) is 0 Å². The van der Waals surface area contributed by atoms with Crippen LogP contribution in [0.15, 0.2) is 11.0 Å². The van der Waals surface area contributed by atoms with Crippen molar-refractivity contribution in [3.05, 3.63) is 28.8 Å². The molecule has 0 spiro atoms. The number of sulfonamides is 1. The van der Waals surface area contributed by atoms with Gasteiger partial charge in [-0.15, -0.1) is 0 Å². The van der Waals surface area contributed by atoms with E-state index < -0.39 is 21.9 Å². The smallest absolute Gasteiger partial charge is 0.271 e. The van der Waals surface area contributed by atoms with E-state index in [9.17, 15) is 21.6 Å². The predicted octanol–water partition coefficient (Wildman–Crippen LogP) is 2.11. The Hall–Kier alpha value is -1.88. The zero-order valence-corrected chi connectivity index (χ0v) is 15.4. The van der Waals surface area contributed by atoms with E-state index in [1.165, 1.54) is 9.36 Å². The van der Waals surface area contributed by atoms with Gasteiger partial charge in [0.2, 0.25) is 10.0 Å². The van der Waals surface area contributed by atoms with Crippen molar-refractivity contribution in [3.63, 3.8) is 0 Å². The summed E-state index contributed by atoms with van der Waals surface area (Å²) in [5, 5.41) is 7.69. The lowest BCUT2D eigenvalue weighted by molar-refractivity contribution is -0.141. The van der Waals surface area contributed by atoms with Crippen LogP contribution in [0.1, 0.15) is 41.5 Å². The predicted molar refractivity (Wildman–Crippen MR) is 87.1 cm³/mol. The highest BCUT2D eigenvalue weighted by molar-refractivity contribution is 7.89. The number of nitrogens with zero attached hydrogens (tertiary/aromatic N) is 4. The van der Waals surface area contributed by atoms with Gasteiger partial charge in [-0.3, -0.25) is 9.36 Å². The highest BCUT2D eigenvalue weighted by atomic mass is 32.2.